The maximum atomic E-state index is 7.26. The summed E-state index contributed by atoms with van der Waals surface area (Å²) in [5, 5.41) is 12.6. The summed E-state index contributed by atoms with van der Waals surface area (Å²) in [6.45, 7) is 8.99. The Kier molecular flexibility index (Phi) is 9.10. The van der Waals surface area contributed by atoms with Crippen molar-refractivity contribution >= 4 is 160 Å². The maximum absolute atomic E-state index is 7.26. The fourth-order valence-electron chi connectivity index (χ4n) is 13.1. The molecule has 0 aliphatic rings. The van der Waals surface area contributed by atoms with Crippen LogP contribution < -0.4 is 9.80 Å². The normalized spacial score (nSPS) is 12.5. The molecule has 0 radical (unpaired) electrons. The van der Waals surface area contributed by atoms with Crippen LogP contribution in [0.3, 0.4) is 0 Å². The fourth-order valence-corrected chi connectivity index (χ4v) is 13.1. The van der Waals surface area contributed by atoms with E-state index < -0.39 is 0 Å². The van der Waals surface area contributed by atoms with Gasteiger partial charge in [0.05, 0.1) is 28.3 Å². The second-order valence-electron chi connectivity index (χ2n) is 21.9. The van der Waals surface area contributed by atoms with Crippen LogP contribution in [0.25, 0.3) is 126 Å². The monoisotopic (exact) mass is 1020 g/mol. The van der Waals surface area contributed by atoms with Crippen molar-refractivity contribution in [2.24, 2.45) is 0 Å². The van der Waals surface area contributed by atoms with Gasteiger partial charge in [0.25, 0.3) is 0 Å². The minimum absolute atomic E-state index is 0.359. The molecule has 376 valence electrons. The second-order valence-corrected chi connectivity index (χ2v) is 21.9. The second kappa shape index (κ2) is 16.3. The predicted molar refractivity (Wildman–Crippen MR) is 328 cm³/mol. The molecule has 0 spiro atoms. The molecule has 0 saturated heterocycles. The number of benzene rings is 11. The van der Waals surface area contributed by atoms with Crippen molar-refractivity contribution in [2.45, 2.75) is 39.5 Å². The Balaban J connectivity index is 1.07. The number of hydrogen-bond donors (Lipinski definition) is 0. The van der Waals surface area contributed by atoms with Gasteiger partial charge in [-0.2, -0.15) is 0 Å². The molecule has 0 bridgehead atoms. The molecule has 6 aromatic heterocycles. The summed E-state index contributed by atoms with van der Waals surface area (Å²) >= 11 is 0. The summed E-state index contributed by atoms with van der Waals surface area (Å²) in [5.41, 5.74) is 18.0. The van der Waals surface area contributed by atoms with Crippen LogP contribution in [0.15, 0.2) is 230 Å². The maximum Gasteiger partial charge on any atom is 0.160 e. The van der Waals surface area contributed by atoms with E-state index in [0.717, 1.165) is 160 Å². The van der Waals surface area contributed by atoms with Crippen molar-refractivity contribution in [2.75, 3.05) is 9.80 Å². The number of furan rings is 4. The number of para-hydroxylation sites is 7. The zero-order valence-electron chi connectivity index (χ0n) is 43.8. The molecule has 17 rings (SSSR count). The van der Waals surface area contributed by atoms with Crippen LogP contribution >= 0.6 is 0 Å². The van der Waals surface area contributed by atoms with Gasteiger partial charge in [0.2, 0.25) is 0 Å². The zero-order chi connectivity index (χ0) is 52.4. The average molecular weight is 1020 g/mol. The Morgan fingerprint density at radius 3 is 1.01 bits per heavy atom. The minimum atomic E-state index is 0.359. The van der Waals surface area contributed by atoms with Crippen molar-refractivity contribution in [1.29, 1.82) is 0 Å². The van der Waals surface area contributed by atoms with Gasteiger partial charge in [-0.05, 0) is 95.8 Å². The van der Waals surface area contributed by atoms with Gasteiger partial charge in [0.1, 0.15) is 33.4 Å². The van der Waals surface area contributed by atoms with Gasteiger partial charge < -0.3 is 31.9 Å². The first kappa shape index (κ1) is 44.2. The Morgan fingerprint density at radius 2 is 0.620 bits per heavy atom. The standard InChI is InChI=1S/C72H49N3O4/c1-40(2)42-30-34-44(35-31-42)73(56-24-14-20-50-46-16-5-9-26-60(46)76-69(50)56)58-38-54-48-18-7-11-28-62(48)78-71(54)67-64(58)52-22-13-23-53-65-59(39-55-49-19-8-12-29-63(49)79-72(55)68(65)75(67)66(52)53)74(45-36-32-43(33-37-45)41(3)4)57-25-15-21-51-47-17-6-10-27-61(47)77-70(51)57/h5-41H,1-4H3. The summed E-state index contributed by atoms with van der Waals surface area (Å²) < 4.78 is 30.9. The average Bonchev–Trinajstić information content (AvgIpc) is 4.35. The summed E-state index contributed by atoms with van der Waals surface area (Å²) in [6.07, 6.45) is 0. The Hall–Kier alpha value is -9.98. The minimum Gasteiger partial charge on any atom is -0.454 e. The van der Waals surface area contributed by atoms with Crippen molar-refractivity contribution in [3.63, 3.8) is 0 Å². The first-order valence-electron chi connectivity index (χ1n) is 27.4. The number of rotatable bonds is 8. The molecule has 0 saturated carbocycles. The molecule has 0 fully saturated rings. The molecular formula is C72H49N3O4. The molecule has 0 unspecified atom stereocenters. The van der Waals surface area contributed by atoms with Gasteiger partial charge in [-0.25, -0.2) is 0 Å². The Bertz CT molecular complexity index is 5010. The zero-order valence-corrected chi connectivity index (χ0v) is 43.8. The topological polar surface area (TPSA) is 63.5 Å². The van der Waals surface area contributed by atoms with Crippen LogP contribution in [0.5, 0.6) is 0 Å². The van der Waals surface area contributed by atoms with Crippen molar-refractivity contribution < 1.29 is 17.7 Å². The quantitative estimate of drug-likeness (QED) is 0.151. The van der Waals surface area contributed by atoms with E-state index in [1.807, 2.05) is 12.1 Å². The molecule has 7 heteroatoms. The third-order valence-corrected chi connectivity index (χ3v) is 16.9. The summed E-state index contributed by atoms with van der Waals surface area (Å²) in [6, 6.07) is 76.2. The highest BCUT2D eigenvalue weighted by atomic mass is 16.3. The lowest BCUT2D eigenvalue weighted by Gasteiger charge is -2.27. The van der Waals surface area contributed by atoms with E-state index in [2.05, 4.69) is 242 Å². The molecule has 0 aliphatic carbocycles. The van der Waals surface area contributed by atoms with E-state index in [4.69, 9.17) is 17.7 Å². The van der Waals surface area contributed by atoms with Gasteiger partial charge in [0.15, 0.2) is 22.3 Å². The molecular weight excluding hydrogens is 971 g/mol. The Morgan fingerprint density at radius 1 is 0.291 bits per heavy atom. The highest BCUT2D eigenvalue weighted by Crippen LogP contribution is 2.56. The number of hydrogen-bond acceptors (Lipinski definition) is 6. The van der Waals surface area contributed by atoms with Crippen LogP contribution in [-0.2, 0) is 0 Å². The lowest BCUT2D eigenvalue weighted by Crippen LogP contribution is -2.11. The van der Waals surface area contributed by atoms with Gasteiger partial charge >= 0.3 is 0 Å². The molecule has 17 aromatic rings. The SMILES string of the molecule is CC(C)c1ccc(N(c2cccc3c2oc2ccccc23)c2cc3c4ccccc4oc3c3c2c2cccc4c5c(N(c6ccc(C(C)C)cc6)c6cccc7c6oc6ccccc67)cc6c7ccccc7oc6c5n3c24)cc1. The van der Waals surface area contributed by atoms with Crippen LogP contribution in [0.1, 0.15) is 50.7 Å². The molecule has 0 N–H and O–H groups in total. The largest absolute Gasteiger partial charge is 0.454 e. The van der Waals surface area contributed by atoms with E-state index in [-0.39, 0.29) is 0 Å². The lowest BCUT2D eigenvalue weighted by atomic mass is 9.99. The van der Waals surface area contributed by atoms with E-state index >= 15 is 0 Å². The van der Waals surface area contributed by atoms with Crippen LogP contribution in [0, 0.1) is 0 Å². The highest BCUT2D eigenvalue weighted by molar-refractivity contribution is 6.36. The molecule has 79 heavy (non-hydrogen) atoms. The van der Waals surface area contributed by atoms with Gasteiger partial charge in [-0.1, -0.05) is 167 Å². The summed E-state index contributed by atoms with van der Waals surface area (Å²) in [4.78, 5) is 4.84. The number of nitrogens with zero attached hydrogens (tertiary/aromatic N) is 3. The smallest absolute Gasteiger partial charge is 0.160 e. The van der Waals surface area contributed by atoms with E-state index in [0.29, 0.717) is 11.8 Å². The van der Waals surface area contributed by atoms with Crippen LogP contribution in [0.2, 0.25) is 0 Å². The third-order valence-electron chi connectivity index (χ3n) is 16.9. The predicted octanol–water partition coefficient (Wildman–Crippen LogP) is 21.6. The van der Waals surface area contributed by atoms with Crippen molar-refractivity contribution in [3.8, 4) is 0 Å². The molecule has 6 heterocycles. The summed E-state index contributed by atoms with van der Waals surface area (Å²) in [7, 11) is 0. The van der Waals surface area contributed by atoms with Crippen LogP contribution in [0.4, 0.5) is 34.1 Å². The highest BCUT2D eigenvalue weighted by Gasteiger charge is 2.33. The first-order chi connectivity index (χ1) is 38.9. The Labute approximate surface area is 452 Å². The van der Waals surface area contributed by atoms with Gasteiger partial charge in [-0.3, -0.25) is 0 Å². The van der Waals surface area contributed by atoms with Crippen LogP contribution in [-0.4, -0.2) is 4.40 Å². The van der Waals surface area contributed by atoms with E-state index in [1.54, 1.807) is 0 Å². The molecule has 0 aliphatic heterocycles. The fraction of sp³-hybridized carbons (Fsp3) is 0.0833. The number of anilines is 6. The van der Waals surface area contributed by atoms with E-state index in [1.165, 1.54) is 11.1 Å². The lowest BCUT2D eigenvalue weighted by molar-refractivity contribution is 0.668. The third kappa shape index (κ3) is 6.12. The number of fused-ring (bicyclic) bond motifs is 20. The van der Waals surface area contributed by atoms with Crippen molar-refractivity contribution in [1.82, 2.24) is 4.40 Å². The molecule has 11 aromatic carbocycles. The van der Waals surface area contributed by atoms with Crippen molar-refractivity contribution in [3.05, 3.63) is 223 Å². The molecule has 0 atom stereocenters. The van der Waals surface area contributed by atoms with E-state index in [9.17, 15) is 0 Å². The van der Waals surface area contributed by atoms with Gasteiger partial charge in [0, 0.05) is 76.0 Å². The van der Waals surface area contributed by atoms with Gasteiger partial charge in [-0.15, -0.1) is 0 Å². The summed E-state index contributed by atoms with van der Waals surface area (Å²) in [5.74, 6) is 0.718. The molecule has 7 nitrogen and oxygen atoms in total. The number of aromatic nitrogens is 1. The molecule has 0 amide bonds. The first-order valence-corrected chi connectivity index (χ1v) is 27.4.